The van der Waals surface area contributed by atoms with Crippen LogP contribution in [0.3, 0.4) is 0 Å². The van der Waals surface area contributed by atoms with E-state index in [4.69, 9.17) is 15.6 Å². The maximum Gasteiger partial charge on any atom is 0.341 e. The minimum absolute atomic E-state index is 0.183. The molecule has 0 aromatic heterocycles. The molecule has 3 atom stereocenters. The van der Waals surface area contributed by atoms with Crippen LogP contribution in [0.2, 0.25) is 0 Å². The van der Waals surface area contributed by atoms with Crippen molar-refractivity contribution in [1.29, 1.82) is 0 Å². The number of piperidine rings is 1. The van der Waals surface area contributed by atoms with Crippen LogP contribution in [0.1, 0.15) is 18.0 Å². The van der Waals surface area contributed by atoms with E-state index in [0.717, 1.165) is 5.56 Å². The Kier molecular flexibility index (Phi) is 5.35. The number of ether oxygens (including phenoxy) is 1. The highest BCUT2D eigenvalue weighted by Crippen LogP contribution is 2.31. The van der Waals surface area contributed by atoms with Gasteiger partial charge in [0.15, 0.2) is 6.61 Å². The zero-order valence-electron chi connectivity index (χ0n) is 12.1. The SMILES string of the molecule is NC(c1ccc(OCC(=O)O)cc1)C1CNCCC1C(=O)O. The molecule has 2 rings (SSSR count). The average molecular weight is 308 g/mol. The number of carboxylic acid groups (broad SMARTS) is 2. The molecular weight excluding hydrogens is 288 g/mol. The largest absolute Gasteiger partial charge is 0.482 e. The Balaban J connectivity index is 2.06. The Labute approximate surface area is 128 Å². The van der Waals surface area contributed by atoms with Gasteiger partial charge < -0.3 is 26.0 Å². The van der Waals surface area contributed by atoms with Crippen molar-refractivity contribution in [3.05, 3.63) is 29.8 Å². The first-order chi connectivity index (χ1) is 10.5. The molecule has 3 unspecified atom stereocenters. The standard InChI is InChI=1S/C15H20N2O5/c16-14(12-7-17-6-5-11(12)15(20)21)9-1-3-10(4-2-9)22-8-13(18)19/h1-4,11-12,14,17H,5-8,16H2,(H,18,19)(H,20,21). The molecule has 1 aliphatic heterocycles. The van der Waals surface area contributed by atoms with E-state index in [9.17, 15) is 14.7 Å². The summed E-state index contributed by atoms with van der Waals surface area (Å²) in [5, 5.41) is 21.1. The van der Waals surface area contributed by atoms with Crippen LogP contribution in [-0.4, -0.2) is 41.8 Å². The maximum atomic E-state index is 11.3. The Morgan fingerprint density at radius 2 is 2.00 bits per heavy atom. The summed E-state index contributed by atoms with van der Waals surface area (Å²) in [6.45, 7) is 0.844. The Morgan fingerprint density at radius 3 is 2.59 bits per heavy atom. The van der Waals surface area contributed by atoms with Crippen molar-refractivity contribution in [2.75, 3.05) is 19.7 Å². The molecule has 1 aliphatic rings. The smallest absolute Gasteiger partial charge is 0.341 e. The van der Waals surface area contributed by atoms with Crippen LogP contribution < -0.4 is 15.8 Å². The van der Waals surface area contributed by atoms with Gasteiger partial charge in [-0.1, -0.05) is 12.1 Å². The molecule has 7 nitrogen and oxygen atoms in total. The van der Waals surface area contributed by atoms with Crippen LogP contribution in [0.4, 0.5) is 0 Å². The van der Waals surface area contributed by atoms with Crippen molar-refractivity contribution in [2.24, 2.45) is 17.6 Å². The zero-order chi connectivity index (χ0) is 16.1. The van der Waals surface area contributed by atoms with E-state index >= 15 is 0 Å². The van der Waals surface area contributed by atoms with E-state index < -0.39 is 30.5 Å². The lowest BCUT2D eigenvalue weighted by Crippen LogP contribution is -2.45. The molecule has 0 saturated carbocycles. The van der Waals surface area contributed by atoms with Crippen LogP contribution in [0.25, 0.3) is 0 Å². The molecule has 0 amide bonds. The first-order valence-corrected chi connectivity index (χ1v) is 7.12. The molecule has 1 aromatic rings. The molecule has 1 aromatic carbocycles. The fraction of sp³-hybridized carbons (Fsp3) is 0.467. The fourth-order valence-electron chi connectivity index (χ4n) is 2.75. The maximum absolute atomic E-state index is 11.3. The normalized spacial score (nSPS) is 22.8. The topological polar surface area (TPSA) is 122 Å². The highest BCUT2D eigenvalue weighted by molar-refractivity contribution is 5.70. The summed E-state index contributed by atoms with van der Waals surface area (Å²) >= 11 is 0. The number of rotatable bonds is 6. The number of carbonyl (C=O) groups is 2. The van der Waals surface area contributed by atoms with Crippen molar-refractivity contribution in [2.45, 2.75) is 12.5 Å². The Bertz CT molecular complexity index is 531. The lowest BCUT2D eigenvalue weighted by atomic mass is 9.79. The predicted molar refractivity (Wildman–Crippen MR) is 78.6 cm³/mol. The van der Waals surface area contributed by atoms with Gasteiger partial charge in [0.1, 0.15) is 5.75 Å². The van der Waals surface area contributed by atoms with Gasteiger partial charge in [0.05, 0.1) is 5.92 Å². The van der Waals surface area contributed by atoms with Gasteiger partial charge in [-0.2, -0.15) is 0 Å². The van der Waals surface area contributed by atoms with Crippen LogP contribution in [-0.2, 0) is 9.59 Å². The van der Waals surface area contributed by atoms with Crippen LogP contribution >= 0.6 is 0 Å². The highest BCUT2D eigenvalue weighted by atomic mass is 16.5. The van der Waals surface area contributed by atoms with E-state index in [1.165, 1.54) is 0 Å². The van der Waals surface area contributed by atoms with Gasteiger partial charge in [0.2, 0.25) is 0 Å². The lowest BCUT2D eigenvalue weighted by molar-refractivity contribution is -0.145. The summed E-state index contributed by atoms with van der Waals surface area (Å²) in [5.74, 6) is -2.06. The fourth-order valence-corrected chi connectivity index (χ4v) is 2.75. The molecule has 0 radical (unpaired) electrons. The van der Waals surface area contributed by atoms with Gasteiger partial charge >= 0.3 is 11.9 Å². The molecule has 5 N–H and O–H groups in total. The third-order valence-corrected chi connectivity index (χ3v) is 3.93. The number of benzene rings is 1. The van der Waals surface area contributed by atoms with Crippen molar-refractivity contribution < 1.29 is 24.5 Å². The lowest BCUT2D eigenvalue weighted by Gasteiger charge is -2.33. The minimum atomic E-state index is -1.04. The van der Waals surface area contributed by atoms with Crippen molar-refractivity contribution in [3.63, 3.8) is 0 Å². The van der Waals surface area contributed by atoms with E-state index in [1.54, 1.807) is 24.3 Å². The highest BCUT2D eigenvalue weighted by Gasteiger charge is 2.35. The average Bonchev–Trinajstić information content (AvgIpc) is 2.52. The molecule has 120 valence electrons. The van der Waals surface area contributed by atoms with Gasteiger partial charge in [0.25, 0.3) is 0 Å². The zero-order valence-corrected chi connectivity index (χ0v) is 12.1. The van der Waals surface area contributed by atoms with Crippen molar-refractivity contribution in [3.8, 4) is 5.75 Å². The predicted octanol–water partition coefficient (Wildman–Crippen LogP) is 0.460. The molecule has 1 fully saturated rings. The van der Waals surface area contributed by atoms with E-state index in [0.29, 0.717) is 25.3 Å². The summed E-state index contributed by atoms with van der Waals surface area (Å²) in [6.07, 6.45) is 0.563. The number of aliphatic carboxylic acids is 2. The van der Waals surface area contributed by atoms with Gasteiger partial charge in [-0.05, 0) is 30.7 Å². The molecule has 1 saturated heterocycles. The number of carboxylic acids is 2. The van der Waals surface area contributed by atoms with Crippen molar-refractivity contribution >= 4 is 11.9 Å². The van der Waals surface area contributed by atoms with E-state index in [1.807, 2.05) is 0 Å². The van der Waals surface area contributed by atoms with Crippen molar-refractivity contribution in [1.82, 2.24) is 5.32 Å². The monoisotopic (exact) mass is 308 g/mol. The summed E-state index contributed by atoms with van der Waals surface area (Å²) < 4.78 is 5.06. The Hall–Kier alpha value is -2.12. The number of hydrogen-bond donors (Lipinski definition) is 4. The molecule has 0 aliphatic carbocycles. The number of nitrogens with one attached hydrogen (secondary N) is 1. The number of hydrogen-bond acceptors (Lipinski definition) is 5. The molecule has 7 heteroatoms. The summed E-state index contributed by atoms with van der Waals surface area (Å²) in [6, 6.07) is 6.38. The first-order valence-electron chi connectivity index (χ1n) is 7.12. The summed E-state index contributed by atoms with van der Waals surface area (Å²) in [5.41, 5.74) is 7.04. The number of nitrogens with two attached hydrogens (primary N) is 1. The second-order valence-corrected chi connectivity index (χ2v) is 5.38. The van der Waals surface area contributed by atoms with Crippen LogP contribution in [0, 0.1) is 11.8 Å². The van der Waals surface area contributed by atoms with Crippen LogP contribution in [0.15, 0.2) is 24.3 Å². The van der Waals surface area contributed by atoms with Gasteiger partial charge in [0, 0.05) is 18.5 Å². The van der Waals surface area contributed by atoms with Crippen LogP contribution in [0.5, 0.6) is 5.75 Å². The summed E-state index contributed by atoms with van der Waals surface area (Å²) in [4.78, 5) is 21.8. The summed E-state index contributed by atoms with van der Waals surface area (Å²) in [7, 11) is 0. The van der Waals surface area contributed by atoms with E-state index in [2.05, 4.69) is 5.32 Å². The molecular formula is C15H20N2O5. The molecule has 22 heavy (non-hydrogen) atoms. The Morgan fingerprint density at radius 1 is 1.32 bits per heavy atom. The third kappa shape index (κ3) is 3.96. The van der Waals surface area contributed by atoms with E-state index in [-0.39, 0.29) is 5.92 Å². The molecule has 1 heterocycles. The molecule has 0 bridgehead atoms. The molecule has 0 spiro atoms. The quantitative estimate of drug-likeness (QED) is 0.602. The second kappa shape index (κ2) is 7.24. The minimum Gasteiger partial charge on any atom is -0.482 e. The first kappa shape index (κ1) is 16.3. The third-order valence-electron chi connectivity index (χ3n) is 3.93. The van der Waals surface area contributed by atoms with Gasteiger partial charge in [-0.25, -0.2) is 4.79 Å². The van der Waals surface area contributed by atoms with Gasteiger partial charge in [-0.15, -0.1) is 0 Å². The second-order valence-electron chi connectivity index (χ2n) is 5.38. The van der Waals surface area contributed by atoms with Gasteiger partial charge in [-0.3, -0.25) is 4.79 Å².